The first-order chi connectivity index (χ1) is 41.3. The van der Waals surface area contributed by atoms with Crippen LogP contribution in [0.5, 0.6) is 0 Å². The molecule has 20 atom stereocenters. The van der Waals surface area contributed by atoms with E-state index in [9.17, 15) is 15.0 Å². The van der Waals surface area contributed by atoms with E-state index in [0.29, 0.717) is 50.8 Å². The number of methoxy groups -OCH3 is 3. The summed E-state index contributed by atoms with van der Waals surface area (Å²) in [6, 6.07) is 6.17. The van der Waals surface area contributed by atoms with Crippen molar-refractivity contribution in [2.75, 3.05) is 73.6 Å². The maximum Gasteiger partial charge on any atom is 0.405 e. The van der Waals surface area contributed by atoms with Crippen LogP contribution < -0.4 is 16.8 Å². The number of benzene rings is 1. The molecule has 3 aromatic rings. The fourth-order valence-corrected chi connectivity index (χ4v) is 14.5. The standard InChI is InChI=1S/C63H100FN9O14/c1-15-50-63(10,87-60(66)78)46(33-67-30-41-21-24-82-25-22-41)37(4)52(74)35(2)27-62(9,81-14)56(38(5)51(39(6)57(77)85-50)49-28-61(8,80-13)55(76)40(7)84-49)86-58-53(75)47(26-36(3)83-58)72(11)23-20-45-34-73(71-70-45)48(29-64)54(79-12)43-18-16-42(17-19-43)44-31-68-59(65)69-32-44/h16-19,31-32,34-41,46-51,53-56,58,67,75-76H,15,20-30,33H2,1-14H3,(H2,66,78)(H2,65,68,69)/t35-,36-,37-,38+,39-,40+,46-,47+,48-,49-,50-,51?,53-,54-,55+,56-,58+,61-,62-,63+/m1/s1. The van der Waals surface area contributed by atoms with Gasteiger partial charge in [-0.15, -0.1) is 5.10 Å². The molecule has 0 aliphatic carbocycles. The number of ether oxygens (including phenoxy) is 9. The Kier molecular flexibility index (Phi) is 24.2. The molecule has 0 spiro atoms. The van der Waals surface area contributed by atoms with E-state index in [2.05, 4.69) is 25.6 Å². The number of primary amides is 1. The summed E-state index contributed by atoms with van der Waals surface area (Å²) in [5, 5.41) is 36.5. The summed E-state index contributed by atoms with van der Waals surface area (Å²) in [6.07, 6.45) is -1.28. The van der Waals surface area contributed by atoms with Crippen molar-refractivity contribution in [3.8, 4) is 11.1 Å². The van der Waals surface area contributed by atoms with Crippen molar-refractivity contribution in [2.45, 2.75) is 198 Å². The van der Waals surface area contributed by atoms with Crippen LogP contribution in [-0.2, 0) is 58.6 Å². The average molecular weight is 1230 g/mol. The summed E-state index contributed by atoms with van der Waals surface area (Å²) >= 11 is 0. The SMILES string of the molecule is CC[C@H]1OC(=O)[C@H](C)C([C@H]2C[C@@](C)(OC)[C@@H](O)[C@H](C)O2)[C@H](C)[C@@H](O[C@@H]2O[C@H](C)C[C@H](N(C)CCc3cn([C@H](CF)[C@H](OC)c4ccc(-c5cnc(N)nc5)cc4)nn3)[C@H]2O)[C@](C)(OC)C[C@@H](C)C(=O)[C@H](C)[C@@H](CNCC2CCOCC2)[C@]1(C)OC(N)=O. The van der Waals surface area contributed by atoms with Crippen molar-refractivity contribution in [3.05, 3.63) is 54.1 Å². The molecule has 4 aliphatic heterocycles. The number of nitrogens with one attached hydrogen (secondary N) is 1. The summed E-state index contributed by atoms with van der Waals surface area (Å²) in [4.78, 5) is 54.0. The van der Waals surface area contributed by atoms with E-state index in [1.54, 1.807) is 46.5 Å². The van der Waals surface area contributed by atoms with Gasteiger partial charge in [0.2, 0.25) is 5.95 Å². The number of nitrogen functional groups attached to an aromatic ring is 1. The number of Topliss-reactive ketones (excluding diaryl/α,β-unsaturated/α-hetero) is 1. The highest BCUT2D eigenvalue weighted by atomic mass is 19.1. The molecule has 87 heavy (non-hydrogen) atoms. The zero-order valence-electron chi connectivity index (χ0n) is 53.6. The van der Waals surface area contributed by atoms with Crippen LogP contribution in [0.1, 0.15) is 131 Å². The Hall–Kier alpha value is -4.86. The number of nitrogens with two attached hydrogens (primary N) is 2. The van der Waals surface area contributed by atoms with Crippen LogP contribution in [0.15, 0.2) is 42.9 Å². The molecule has 0 bridgehead atoms. The van der Waals surface area contributed by atoms with Crippen LogP contribution in [0.4, 0.5) is 15.1 Å². The van der Waals surface area contributed by atoms with Gasteiger partial charge < -0.3 is 74.5 Å². The molecule has 0 saturated carbocycles. The second-order valence-corrected chi connectivity index (χ2v) is 25.8. The molecule has 2 aromatic heterocycles. The van der Waals surface area contributed by atoms with E-state index < -0.39 is 138 Å². The molecule has 1 aromatic carbocycles. The number of esters is 1. The van der Waals surface area contributed by atoms with Gasteiger partial charge in [0.25, 0.3) is 0 Å². The molecular formula is C63H100FN9O14. The molecule has 4 saturated heterocycles. The Morgan fingerprint density at radius 2 is 1.60 bits per heavy atom. The van der Waals surface area contributed by atoms with Gasteiger partial charge in [-0.2, -0.15) is 0 Å². The minimum absolute atomic E-state index is 0.111. The van der Waals surface area contributed by atoms with E-state index in [-0.39, 0.29) is 37.5 Å². The highest BCUT2D eigenvalue weighted by Gasteiger charge is 2.57. The number of hydrogen-bond acceptors (Lipinski definition) is 21. The number of alkyl halides is 1. The lowest BCUT2D eigenvalue weighted by Crippen LogP contribution is -2.63. The fraction of sp³-hybridized carbons (Fsp3) is 0.762. The Morgan fingerprint density at radius 3 is 2.21 bits per heavy atom. The van der Waals surface area contributed by atoms with Gasteiger partial charge in [-0.3, -0.25) is 9.59 Å². The fourth-order valence-electron chi connectivity index (χ4n) is 14.5. The van der Waals surface area contributed by atoms with Crippen molar-refractivity contribution in [1.29, 1.82) is 0 Å². The van der Waals surface area contributed by atoms with Crippen molar-refractivity contribution in [2.24, 2.45) is 47.2 Å². The van der Waals surface area contributed by atoms with Crippen LogP contribution >= 0.6 is 0 Å². The molecule has 0 radical (unpaired) electrons. The number of halogens is 1. The lowest BCUT2D eigenvalue weighted by atomic mass is 9.67. The van der Waals surface area contributed by atoms with Gasteiger partial charge in [0, 0.05) is 114 Å². The van der Waals surface area contributed by atoms with Crippen LogP contribution in [0.2, 0.25) is 0 Å². The molecule has 4 aliphatic rings. The number of aliphatic hydroxyl groups is 2. The molecule has 6 heterocycles. The highest BCUT2D eigenvalue weighted by molar-refractivity contribution is 5.83. The maximum atomic E-state index is 15.3. The second kappa shape index (κ2) is 30.3. The van der Waals surface area contributed by atoms with Gasteiger partial charge in [0.15, 0.2) is 11.9 Å². The number of amides is 1. The summed E-state index contributed by atoms with van der Waals surface area (Å²) in [5.41, 5.74) is 10.5. The molecule has 488 valence electrons. The molecule has 7 rings (SSSR count). The van der Waals surface area contributed by atoms with Gasteiger partial charge >= 0.3 is 12.1 Å². The minimum atomic E-state index is -1.59. The topological polar surface area (TPSA) is 299 Å². The number of aliphatic hydroxyl groups excluding tert-OH is 2. The van der Waals surface area contributed by atoms with Crippen molar-refractivity contribution >= 4 is 23.8 Å². The first-order valence-electron chi connectivity index (χ1n) is 31.1. The molecule has 1 unspecified atom stereocenters. The summed E-state index contributed by atoms with van der Waals surface area (Å²) in [6.45, 7) is 20.0. The third kappa shape index (κ3) is 16.0. The van der Waals surface area contributed by atoms with Crippen LogP contribution in [0, 0.1) is 41.4 Å². The number of ketones is 1. The van der Waals surface area contributed by atoms with Crippen molar-refractivity contribution < 1.29 is 71.6 Å². The molecular weight excluding hydrogens is 1130 g/mol. The molecule has 7 N–H and O–H groups in total. The Bertz CT molecular complexity index is 2680. The number of cyclic esters (lactones) is 1. The van der Waals surface area contributed by atoms with Gasteiger partial charge in [-0.1, -0.05) is 64.1 Å². The first-order valence-corrected chi connectivity index (χ1v) is 31.1. The van der Waals surface area contributed by atoms with Gasteiger partial charge in [-0.05, 0) is 103 Å². The highest BCUT2D eigenvalue weighted by Crippen LogP contribution is 2.47. The second-order valence-electron chi connectivity index (χ2n) is 25.8. The predicted molar refractivity (Wildman–Crippen MR) is 321 cm³/mol. The number of hydrogen-bond donors (Lipinski definition) is 5. The van der Waals surface area contributed by atoms with Crippen LogP contribution in [0.25, 0.3) is 11.1 Å². The van der Waals surface area contributed by atoms with Crippen LogP contribution in [0.3, 0.4) is 0 Å². The monoisotopic (exact) mass is 1230 g/mol. The Labute approximate surface area is 513 Å². The number of rotatable bonds is 21. The molecule has 4 fully saturated rings. The van der Waals surface area contributed by atoms with E-state index in [1.807, 2.05) is 84.7 Å². The molecule has 23 nitrogen and oxygen atoms in total. The maximum absolute atomic E-state index is 15.3. The zero-order valence-corrected chi connectivity index (χ0v) is 53.6. The van der Waals surface area contributed by atoms with Crippen LogP contribution in [-0.4, -0.2) is 198 Å². The average Bonchev–Trinajstić information content (AvgIpc) is 1.22. The lowest BCUT2D eigenvalue weighted by Gasteiger charge is -2.52. The van der Waals surface area contributed by atoms with Crippen molar-refractivity contribution in [1.82, 2.24) is 35.2 Å². The summed E-state index contributed by atoms with van der Waals surface area (Å²) in [5.74, 6) is -4.95. The predicted octanol–water partition coefficient (Wildman–Crippen LogP) is 6.23. The van der Waals surface area contributed by atoms with E-state index in [1.165, 1.54) is 18.9 Å². The third-order valence-corrected chi connectivity index (χ3v) is 19.9. The van der Waals surface area contributed by atoms with E-state index >= 15 is 14.0 Å². The number of anilines is 1. The number of nitrogens with zero attached hydrogens (tertiary/aromatic N) is 6. The summed E-state index contributed by atoms with van der Waals surface area (Å²) < 4.78 is 74.1. The van der Waals surface area contributed by atoms with E-state index in [0.717, 1.165) is 29.5 Å². The smallest absolute Gasteiger partial charge is 0.405 e. The largest absolute Gasteiger partial charge is 0.458 e. The number of carbonyl (C=O) groups excluding carboxylic acids is 3. The summed E-state index contributed by atoms with van der Waals surface area (Å²) in [7, 11) is 6.51. The zero-order chi connectivity index (χ0) is 63.7. The van der Waals surface area contributed by atoms with Gasteiger partial charge in [0.05, 0.1) is 47.2 Å². The van der Waals surface area contributed by atoms with Gasteiger partial charge in [-0.25, -0.2) is 23.8 Å². The lowest BCUT2D eigenvalue weighted by molar-refractivity contribution is -0.305. The normalized spacial score (nSPS) is 36.0. The molecule has 1 amide bonds. The quantitative estimate of drug-likeness (QED) is 0.0738. The molecule has 24 heteroatoms. The van der Waals surface area contributed by atoms with Gasteiger partial charge in [0.1, 0.15) is 42.9 Å². The van der Waals surface area contributed by atoms with Crippen molar-refractivity contribution in [3.63, 3.8) is 0 Å². The van der Waals surface area contributed by atoms with E-state index in [4.69, 9.17) is 54.1 Å². The number of aromatic nitrogens is 5. The number of carbonyl (C=O) groups is 3. The first kappa shape index (κ1) is 69.6. The minimum Gasteiger partial charge on any atom is -0.458 e. The Balaban J connectivity index is 1.19. The third-order valence-electron chi connectivity index (χ3n) is 19.9. The Morgan fingerprint density at radius 1 is 0.931 bits per heavy atom. The number of likely N-dealkylation sites (N-methyl/N-ethyl adjacent to an activating group) is 1.